The molecule has 138 valence electrons. The first-order valence-electron chi connectivity index (χ1n) is 7.88. The molecule has 4 rings (SSSR count). The number of benzene rings is 2. The van der Waals surface area contributed by atoms with E-state index in [1.165, 1.54) is 11.0 Å². The van der Waals surface area contributed by atoms with Crippen molar-refractivity contribution in [2.75, 3.05) is 12.4 Å². The molecule has 2 N–H and O–H groups in total. The minimum absolute atomic E-state index is 0. The number of hydrogen-bond donors (Lipinski definition) is 2. The summed E-state index contributed by atoms with van der Waals surface area (Å²) in [7, 11) is 1.60. The third kappa shape index (κ3) is 3.47. The maximum absolute atomic E-state index is 11.0. The summed E-state index contributed by atoms with van der Waals surface area (Å²) >= 11 is 0. The molecule has 0 unspecified atom stereocenters. The molecule has 0 spiro atoms. The molecular weight excluding hydrogens is 370 g/mol. The minimum atomic E-state index is -0.942. The molecule has 27 heavy (non-hydrogen) atoms. The van der Waals surface area contributed by atoms with Gasteiger partial charge in [0.25, 0.3) is 0 Å². The molecule has 0 saturated carbocycles. The monoisotopic (exact) mass is 385 g/mol. The predicted molar refractivity (Wildman–Crippen MR) is 104 cm³/mol. The topological polar surface area (TPSA) is 102 Å². The van der Waals surface area contributed by atoms with Gasteiger partial charge in [0.2, 0.25) is 0 Å². The zero-order chi connectivity index (χ0) is 18.1. The molecule has 0 aliphatic rings. The number of carbonyl (C=O) groups is 1. The van der Waals surface area contributed by atoms with Crippen molar-refractivity contribution in [2.24, 2.45) is 0 Å². The molecule has 2 heterocycles. The van der Waals surface area contributed by atoms with Gasteiger partial charge in [-0.15, -0.1) is 12.4 Å². The van der Waals surface area contributed by atoms with Crippen LogP contribution in [0, 0.1) is 0 Å². The molecule has 0 aliphatic heterocycles. The molecule has 8 nitrogen and oxygen atoms in total. The Labute approximate surface area is 160 Å². The van der Waals surface area contributed by atoms with Gasteiger partial charge < -0.3 is 15.2 Å². The van der Waals surface area contributed by atoms with Crippen molar-refractivity contribution in [3.63, 3.8) is 0 Å². The van der Waals surface area contributed by atoms with E-state index in [-0.39, 0.29) is 19.0 Å². The molecule has 2 aromatic carbocycles. The number of carboxylic acid groups (broad SMARTS) is 1. The van der Waals surface area contributed by atoms with Crippen molar-refractivity contribution in [1.82, 2.24) is 19.7 Å². The number of aliphatic carboxylic acids is 1. The van der Waals surface area contributed by atoms with E-state index in [9.17, 15) is 4.79 Å². The number of ether oxygens (including phenoxy) is 1. The highest BCUT2D eigenvalue weighted by Gasteiger charge is 2.10. The minimum Gasteiger partial charge on any atom is -0.494 e. The number of nitrogens with zero attached hydrogens (tertiary/aromatic N) is 4. The lowest BCUT2D eigenvalue weighted by molar-refractivity contribution is -0.137. The summed E-state index contributed by atoms with van der Waals surface area (Å²) in [6.45, 7) is -0.194. The maximum Gasteiger partial charge on any atom is 0.325 e. The van der Waals surface area contributed by atoms with E-state index in [4.69, 9.17) is 9.84 Å². The van der Waals surface area contributed by atoms with Gasteiger partial charge in [0.05, 0.1) is 18.8 Å². The fraction of sp³-hybridized carbons (Fsp3) is 0.111. The number of carboxylic acids is 1. The van der Waals surface area contributed by atoms with E-state index in [2.05, 4.69) is 20.4 Å². The number of fused-ring (bicyclic) bond motifs is 2. The summed E-state index contributed by atoms with van der Waals surface area (Å²) in [4.78, 5) is 19.6. The van der Waals surface area contributed by atoms with E-state index in [0.717, 1.165) is 22.0 Å². The van der Waals surface area contributed by atoms with Crippen LogP contribution in [0.2, 0.25) is 0 Å². The van der Waals surface area contributed by atoms with Crippen LogP contribution in [0.25, 0.3) is 21.8 Å². The van der Waals surface area contributed by atoms with Crippen LogP contribution in [-0.4, -0.2) is 37.9 Å². The summed E-state index contributed by atoms with van der Waals surface area (Å²) < 4.78 is 6.80. The average Bonchev–Trinajstić information content (AvgIpc) is 3.03. The van der Waals surface area contributed by atoms with Gasteiger partial charge in [-0.2, -0.15) is 5.10 Å². The first kappa shape index (κ1) is 18.4. The Morgan fingerprint density at radius 1 is 1.26 bits per heavy atom. The zero-order valence-electron chi connectivity index (χ0n) is 14.3. The molecule has 0 bridgehead atoms. The fourth-order valence-corrected chi connectivity index (χ4v) is 2.86. The number of anilines is 2. The average molecular weight is 386 g/mol. The Kier molecular flexibility index (Phi) is 5.09. The Morgan fingerprint density at radius 3 is 2.89 bits per heavy atom. The summed E-state index contributed by atoms with van der Waals surface area (Å²) in [6, 6.07) is 11.2. The third-order valence-electron chi connectivity index (χ3n) is 4.04. The summed E-state index contributed by atoms with van der Waals surface area (Å²) in [5.41, 5.74) is 2.21. The van der Waals surface area contributed by atoms with E-state index in [1.54, 1.807) is 13.3 Å². The Morgan fingerprint density at radius 2 is 2.11 bits per heavy atom. The van der Waals surface area contributed by atoms with E-state index >= 15 is 0 Å². The van der Waals surface area contributed by atoms with Crippen molar-refractivity contribution in [1.29, 1.82) is 0 Å². The lowest BCUT2D eigenvalue weighted by atomic mass is 10.2. The van der Waals surface area contributed by atoms with Gasteiger partial charge in [0.15, 0.2) is 0 Å². The number of para-hydroxylation sites is 1. The van der Waals surface area contributed by atoms with Gasteiger partial charge in [0, 0.05) is 16.5 Å². The second kappa shape index (κ2) is 7.46. The number of rotatable bonds is 5. The van der Waals surface area contributed by atoms with Crippen LogP contribution in [0.3, 0.4) is 0 Å². The van der Waals surface area contributed by atoms with Crippen LogP contribution in [-0.2, 0) is 11.3 Å². The van der Waals surface area contributed by atoms with Crippen LogP contribution in [0.15, 0.2) is 48.9 Å². The Bertz CT molecular complexity index is 1130. The number of aromatic nitrogens is 4. The molecule has 0 atom stereocenters. The Hall–Kier alpha value is -3.39. The quantitative estimate of drug-likeness (QED) is 0.543. The smallest absolute Gasteiger partial charge is 0.325 e. The number of hydrogen-bond acceptors (Lipinski definition) is 6. The molecule has 0 aliphatic carbocycles. The highest BCUT2D eigenvalue weighted by atomic mass is 35.5. The van der Waals surface area contributed by atoms with Crippen LogP contribution < -0.4 is 10.1 Å². The largest absolute Gasteiger partial charge is 0.494 e. The van der Waals surface area contributed by atoms with E-state index < -0.39 is 5.97 Å². The number of methoxy groups -OCH3 is 1. The number of nitrogens with one attached hydrogen (secondary N) is 1. The first-order valence-corrected chi connectivity index (χ1v) is 7.88. The SMILES string of the molecule is COc1cccc2c(Nc3ccc4cnn(CC(=O)O)c4c3)ncnc12.Cl. The lowest BCUT2D eigenvalue weighted by Crippen LogP contribution is -2.09. The van der Waals surface area contributed by atoms with Gasteiger partial charge in [0.1, 0.15) is 30.0 Å². The van der Waals surface area contributed by atoms with Crippen LogP contribution in [0.4, 0.5) is 11.5 Å². The predicted octanol–water partition coefficient (Wildman–Crippen LogP) is 3.24. The normalized spacial score (nSPS) is 10.6. The third-order valence-corrected chi connectivity index (χ3v) is 4.04. The van der Waals surface area contributed by atoms with Gasteiger partial charge in [-0.3, -0.25) is 9.48 Å². The van der Waals surface area contributed by atoms with Gasteiger partial charge in [-0.05, 0) is 30.3 Å². The van der Waals surface area contributed by atoms with Gasteiger partial charge in [-0.25, -0.2) is 9.97 Å². The number of halogens is 1. The van der Waals surface area contributed by atoms with Crippen LogP contribution in [0.1, 0.15) is 0 Å². The van der Waals surface area contributed by atoms with E-state index in [1.807, 2.05) is 36.4 Å². The standard InChI is InChI=1S/C18H15N5O3.ClH/c1-26-15-4-2-3-13-17(15)19-10-20-18(13)22-12-6-5-11-8-21-23(9-16(24)25)14(11)7-12;/h2-8,10H,9H2,1H3,(H,24,25)(H,19,20,22);1H. The molecule has 2 aromatic heterocycles. The Balaban J connectivity index is 0.00000210. The highest BCUT2D eigenvalue weighted by molar-refractivity contribution is 5.95. The molecule has 0 saturated heterocycles. The van der Waals surface area contributed by atoms with Crippen LogP contribution in [0.5, 0.6) is 5.75 Å². The van der Waals surface area contributed by atoms with Crippen molar-refractivity contribution in [3.05, 3.63) is 48.9 Å². The van der Waals surface area contributed by atoms with Crippen molar-refractivity contribution >= 4 is 51.7 Å². The zero-order valence-corrected chi connectivity index (χ0v) is 15.1. The molecule has 4 aromatic rings. The molecule has 0 radical (unpaired) electrons. The summed E-state index contributed by atoms with van der Waals surface area (Å²) in [6.07, 6.45) is 3.12. The van der Waals surface area contributed by atoms with Crippen LogP contribution >= 0.6 is 12.4 Å². The van der Waals surface area contributed by atoms with Crippen molar-refractivity contribution in [3.8, 4) is 5.75 Å². The van der Waals surface area contributed by atoms with Crippen molar-refractivity contribution in [2.45, 2.75) is 6.54 Å². The summed E-state index contributed by atoms with van der Waals surface area (Å²) in [5.74, 6) is 0.364. The van der Waals surface area contributed by atoms with Gasteiger partial charge in [-0.1, -0.05) is 6.07 Å². The highest BCUT2D eigenvalue weighted by Crippen LogP contribution is 2.29. The first-order chi connectivity index (χ1) is 12.7. The van der Waals surface area contributed by atoms with Gasteiger partial charge >= 0.3 is 5.97 Å². The van der Waals surface area contributed by atoms with Crippen molar-refractivity contribution < 1.29 is 14.6 Å². The maximum atomic E-state index is 11.0. The second-order valence-corrected chi connectivity index (χ2v) is 5.67. The lowest BCUT2D eigenvalue weighted by Gasteiger charge is -2.10. The summed E-state index contributed by atoms with van der Waals surface area (Å²) in [5, 5.41) is 18.1. The molecule has 0 amide bonds. The van der Waals surface area contributed by atoms with E-state index in [0.29, 0.717) is 17.1 Å². The molecule has 0 fully saturated rings. The molecular formula is C18H16ClN5O3. The second-order valence-electron chi connectivity index (χ2n) is 5.67. The fourth-order valence-electron chi connectivity index (χ4n) is 2.86. The molecule has 9 heteroatoms.